The van der Waals surface area contributed by atoms with Gasteiger partial charge in [-0.25, -0.2) is 0 Å². The van der Waals surface area contributed by atoms with Crippen LogP contribution in [0.1, 0.15) is 53.9 Å². The summed E-state index contributed by atoms with van der Waals surface area (Å²) < 4.78 is 16.6. The Kier molecular flexibility index (Phi) is 7.63. The molecule has 0 unspecified atom stereocenters. The molecule has 0 saturated carbocycles. The van der Waals surface area contributed by atoms with Crippen molar-refractivity contribution in [1.82, 2.24) is 4.90 Å². The van der Waals surface area contributed by atoms with E-state index in [0.717, 1.165) is 32.4 Å². The van der Waals surface area contributed by atoms with E-state index in [1.807, 2.05) is 34.6 Å². The van der Waals surface area contributed by atoms with E-state index in [9.17, 15) is 4.79 Å². The molecule has 1 aliphatic rings. The highest BCUT2D eigenvalue weighted by Crippen LogP contribution is 2.21. The first-order valence-electron chi connectivity index (χ1n) is 8.07. The summed E-state index contributed by atoms with van der Waals surface area (Å²) in [6.45, 7) is 12.7. The number of rotatable bonds is 8. The Bertz CT molecular complexity index is 308. The molecule has 1 fully saturated rings. The van der Waals surface area contributed by atoms with Gasteiger partial charge in [-0.3, -0.25) is 9.69 Å². The molecule has 0 aromatic carbocycles. The molecule has 5 nitrogen and oxygen atoms in total. The summed E-state index contributed by atoms with van der Waals surface area (Å²) in [5.41, 5.74) is -0.426. The van der Waals surface area contributed by atoms with Gasteiger partial charge in [0.2, 0.25) is 0 Å². The van der Waals surface area contributed by atoms with Crippen LogP contribution in [0.15, 0.2) is 0 Å². The number of likely N-dealkylation sites (tertiary alicyclic amines) is 1. The van der Waals surface area contributed by atoms with Crippen molar-refractivity contribution in [2.45, 2.75) is 71.8 Å². The Morgan fingerprint density at radius 3 is 2.38 bits per heavy atom. The molecule has 1 saturated heterocycles. The van der Waals surface area contributed by atoms with Crippen molar-refractivity contribution >= 4 is 5.97 Å². The largest absolute Gasteiger partial charge is 0.459 e. The number of carbonyl (C=O) groups excluding carboxylic acids is 1. The minimum atomic E-state index is -0.426. The fraction of sp³-hybridized carbons (Fsp3) is 0.938. The van der Waals surface area contributed by atoms with Crippen LogP contribution in [0.5, 0.6) is 0 Å². The minimum Gasteiger partial charge on any atom is -0.459 e. The molecule has 0 aliphatic carbocycles. The predicted octanol–water partition coefficient (Wildman–Crippen LogP) is 2.58. The molecule has 0 radical (unpaired) electrons. The first-order chi connectivity index (χ1) is 9.87. The van der Waals surface area contributed by atoms with Gasteiger partial charge in [0.15, 0.2) is 6.29 Å². The summed E-state index contributed by atoms with van der Waals surface area (Å²) in [7, 11) is 0. The highest BCUT2D eigenvalue weighted by molar-refractivity contribution is 5.76. The molecule has 1 heterocycles. The van der Waals surface area contributed by atoms with Gasteiger partial charge in [0, 0.05) is 26.2 Å². The third-order valence-electron chi connectivity index (χ3n) is 3.40. The van der Waals surface area contributed by atoms with Gasteiger partial charge in [0.1, 0.15) is 11.6 Å². The summed E-state index contributed by atoms with van der Waals surface area (Å²) in [6.07, 6.45) is 2.52. The summed E-state index contributed by atoms with van der Waals surface area (Å²) in [6, 6.07) is -0.117. The molecule has 1 aliphatic heterocycles. The van der Waals surface area contributed by atoms with E-state index >= 15 is 0 Å². The van der Waals surface area contributed by atoms with E-state index in [-0.39, 0.29) is 18.3 Å². The molecule has 1 atom stereocenters. The zero-order valence-electron chi connectivity index (χ0n) is 14.2. The third kappa shape index (κ3) is 6.76. The van der Waals surface area contributed by atoms with E-state index in [1.165, 1.54) is 0 Å². The average molecular weight is 301 g/mol. The topological polar surface area (TPSA) is 48.0 Å². The second-order valence-corrected chi connectivity index (χ2v) is 6.36. The van der Waals surface area contributed by atoms with E-state index in [2.05, 4.69) is 4.90 Å². The predicted molar refractivity (Wildman–Crippen MR) is 82.1 cm³/mol. The van der Waals surface area contributed by atoms with Crippen LogP contribution in [0.25, 0.3) is 0 Å². The van der Waals surface area contributed by atoms with Gasteiger partial charge in [0.05, 0.1) is 0 Å². The Morgan fingerprint density at radius 2 is 1.86 bits per heavy atom. The number of hydrogen-bond acceptors (Lipinski definition) is 5. The standard InChI is InChI=1S/C16H31NO4/c1-6-19-14(20-7-2)10-12-17-11-8-9-13(17)15(18)21-16(3,4)5/h13-14H,6-12H2,1-5H3/t13-/m0/s1. The number of nitrogens with zero attached hydrogens (tertiary/aromatic N) is 1. The van der Waals surface area contributed by atoms with Gasteiger partial charge < -0.3 is 14.2 Å². The SMILES string of the molecule is CCOC(CCN1CCC[C@H]1C(=O)OC(C)(C)C)OCC. The van der Waals surface area contributed by atoms with Gasteiger partial charge in [-0.15, -0.1) is 0 Å². The number of esters is 1. The van der Waals surface area contributed by atoms with Gasteiger partial charge in [0.25, 0.3) is 0 Å². The number of carbonyl (C=O) groups is 1. The van der Waals surface area contributed by atoms with E-state index in [4.69, 9.17) is 14.2 Å². The molecule has 0 amide bonds. The van der Waals surface area contributed by atoms with Crippen LogP contribution in [0.4, 0.5) is 0 Å². The molecule has 5 heteroatoms. The van der Waals surface area contributed by atoms with Crippen molar-refractivity contribution in [2.24, 2.45) is 0 Å². The monoisotopic (exact) mass is 301 g/mol. The number of hydrogen-bond donors (Lipinski definition) is 0. The van der Waals surface area contributed by atoms with Crippen LogP contribution in [0, 0.1) is 0 Å². The third-order valence-corrected chi connectivity index (χ3v) is 3.40. The summed E-state index contributed by atoms with van der Waals surface area (Å²) >= 11 is 0. The van der Waals surface area contributed by atoms with Crippen molar-refractivity contribution in [3.05, 3.63) is 0 Å². The fourth-order valence-corrected chi connectivity index (χ4v) is 2.59. The maximum Gasteiger partial charge on any atom is 0.323 e. The quantitative estimate of drug-likeness (QED) is 0.509. The van der Waals surface area contributed by atoms with E-state index < -0.39 is 5.60 Å². The lowest BCUT2D eigenvalue weighted by Gasteiger charge is -2.28. The molecule has 0 aromatic rings. The molecular formula is C16H31NO4. The Balaban J connectivity index is 2.47. The summed E-state index contributed by atoms with van der Waals surface area (Å²) in [5, 5.41) is 0. The molecular weight excluding hydrogens is 270 g/mol. The first-order valence-corrected chi connectivity index (χ1v) is 8.07. The maximum atomic E-state index is 12.2. The minimum absolute atomic E-state index is 0.107. The Labute approximate surface area is 128 Å². The lowest BCUT2D eigenvalue weighted by atomic mass is 10.1. The van der Waals surface area contributed by atoms with Crippen LogP contribution < -0.4 is 0 Å². The highest BCUT2D eigenvalue weighted by atomic mass is 16.7. The molecule has 1 rings (SSSR count). The molecule has 0 aromatic heterocycles. The summed E-state index contributed by atoms with van der Waals surface area (Å²) in [5.74, 6) is -0.107. The maximum absolute atomic E-state index is 12.2. The number of ether oxygens (including phenoxy) is 3. The van der Waals surface area contributed by atoms with Crippen LogP contribution in [-0.2, 0) is 19.0 Å². The second-order valence-electron chi connectivity index (χ2n) is 6.36. The van der Waals surface area contributed by atoms with Gasteiger partial charge in [-0.2, -0.15) is 0 Å². The zero-order chi connectivity index (χ0) is 15.9. The Morgan fingerprint density at radius 1 is 1.24 bits per heavy atom. The smallest absolute Gasteiger partial charge is 0.323 e. The van der Waals surface area contributed by atoms with Crippen molar-refractivity contribution < 1.29 is 19.0 Å². The van der Waals surface area contributed by atoms with Gasteiger partial charge in [-0.05, 0) is 54.0 Å². The Hall–Kier alpha value is -0.650. The van der Waals surface area contributed by atoms with E-state index in [1.54, 1.807) is 0 Å². The summed E-state index contributed by atoms with van der Waals surface area (Å²) in [4.78, 5) is 14.4. The van der Waals surface area contributed by atoms with E-state index in [0.29, 0.717) is 13.2 Å². The van der Waals surface area contributed by atoms with Gasteiger partial charge in [-0.1, -0.05) is 0 Å². The normalized spacial score (nSPS) is 20.2. The lowest BCUT2D eigenvalue weighted by Crippen LogP contribution is -2.41. The van der Waals surface area contributed by atoms with Crippen LogP contribution in [0.3, 0.4) is 0 Å². The van der Waals surface area contributed by atoms with Crippen LogP contribution >= 0.6 is 0 Å². The van der Waals surface area contributed by atoms with Crippen molar-refractivity contribution in [3.8, 4) is 0 Å². The lowest BCUT2D eigenvalue weighted by molar-refractivity contribution is -0.162. The molecule has 0 spiro atoms. The fourth-order valence-electron chi connectivity index (χ4n) is 2.59. The molecule has 0 bridgehead atoms. The second kappa shape index (κ2) is 8.71. The molecule has 21 heavy (non-hydrogen) atoms. The molecule has 0 N–H and O–H groups in total. The van der Waals surface area contributed by atoms with Crippen molar-refractivity contribution in [3.63, 3.8) is 0 Å². The van der Waals surface area contributed by atoms with Crippen molar-refractivity contribution in [1.29, 1.82) is 0 Å². The first kappa shape index (κ1) is 18.4. The zero-order valence-corrected chi connectivity index (χ0v) is 14.2. The van der Waals surface area contributed by atoms with Gasteiger partial charge >= 0.3 is 5.97 Å². The average Bonchev–Trinajstić information content (AvgIpc) is 2.83. The highest BCUT2D eigenvalue weighted by Gasteiger charge is 2.34. The van der Waals surface area contributed by atoms with Crippen molar-refractivity contribution in [2.75, 3.05) is 26.3 Å². The molecule has 124 valence electrons. The van der Waals surface area contributed by atoms with Crippen LogP contribution in [0.2, 0.25) is 0 Å². The van der Waals surface area contributed by atoms with Crippen LogP contribution in [-0.4, -0.2) is 55.1 Å².